The average Bonchev–Trinajstić information content (AvgIpc) is 2.33. The zero-order chi connectivity index (χ0) is 12.1. The molecule has 1 aliphatic rings. The van der Waals surface area contributed by atoms with Crippen LogP contribution in [0.5, 0.6) is 0 Å². The highest BCUT2D eigenvalue weighted by Crippen LogP contribution is 2.23. The monoisotopic (exact) mass is 249 g/mol. The Morgan fingerprint density at radius 3 is 3.00 bits per heavy atom. The minimum Gasteiger partial charge on any atom is -0.299 e. The molecule has 2 heteroatoms. The topological polar surface area (TPSA) is 3.24 Å². The van der Waals surface area contributed by atoms with Crippen molar-refractivity contribution in [2.75, 3.05) is 13.1 Å². The van der Waals surface area contributed by atoms with E-state index >= 15 is 0 Å². The highest BCUT2D eigenvalue weighted by molar-refractivity contribution is 6.31. The maximum absolute atomic E-state index is 6.20. The molecule has 1 aromatic rings. The summed E-state index contributed by atoms with van der Waals surface area (Å²) in [6.07, 6.45) is 5.82. The van der Waals surface area contributed by atoms with Gasteiger partial charge >= 0.3 is 0 Å². The molecule has 0 aromatic heterocycles. The van der Waals surface area contributed by atoms with Gasteiger partial charge in [0.1, 0.15) is 0 Å². The fourth-order valence-corrected chi connectivity index (χ4v) is 2.79. The van der Waals surface area contributed by atoms with Crippen LogP contribution < -0.4 is 0 Å². The highest BCUT2D eigenvalue weighted by Gasteiger charge is 2.19. The Balaban J connectivity index is 1.94. The van der Waals surface area contributed by atoms with E-state index in [4.69, 9.17) is 11.6 Å². The highest BCUT2D eigenvalue weighted by atomic mass is 35.5. The van der Waals surface area contributed by atoms with E-state index in [2.05, 4.69) is 23.6 Å². The average molecular weight is 250 g/mol. The molecule has 0 N–H and O–H groups in total. The van der Waals surface area contributed by atoms with Crippen molar-refractivity contribution in [1.82, 2.24) is 4.90 Å². The van der Waals surface area contributed by atoms with Crippen molar-refractivity contribution in [1.29, 1.82) is 0 Å². The zero-order valence-corrected chi connectivity index (χ0v) is 11.0. The number of benzene rings is 1. The fraction of sp³-hybridized carbons (Fsp3) is 0.467. The van der Waals surface area contributed by atoms with E-state index in [1.807, 2.05) is 18.2 Å². The van der Waals surface area contributed by atoms with Gasteiger partial charge in [-0.25, -0.2) is 0 Å². The third kappa shape index (κ3) is 3.58. The van der Waals surface area contributed by atoms with Crippen molar-refractivity contribution in [2.24, 2.45) is 5.92 Å². The first-order valence-electron chi connectivity index (χ1n) is 6.36. The Bertz CT molecular complexity index is 375. The largest absolute Gasteiger partial charge is 0.299 e. The van der Waals surface area contributed by atoms with Crippen molar-refractivity contribution in [3.63, 3.8) is 0 Å². The second kappa shape index (κ2) is 6.23. The maximum Gasteiger partial charge on any atom is 0.0451 e. The molecule has 92 valence electrons. The summed E-state index contributed by atoms with van der Waals surface area (Å²) < 4.78 is 0. The molecule has 2 rings (SSSR count). The summed E-state index contributed by atoms with van der Waals surface area (Å²) in [6.45, 7) is 7.19. The quantitative estimate of drug-likeness (QED) is 0.726. The molecule has 1 fully saturated rings. The van der Waals surface area contributed by atoms with Gasteiger partial charge < -0.3 is 0 Å². The van der Waals surface area contributed by atoms with Crippen molar-refractivity contribution in [3.8, 4) is 0 Å². The van der Waals surface area contributed by atoms with Gasteiger partial charge in [-0.3, -0.25) is 4.90 Å². The second-order valence-corrected chi connectivity index (χ2v) is 5.27. The summed E-state index contributed by atoms with van der Waals surface area (Å²) in [5.74, 6) is 0.781. The van der Waals surface area contributed by atoms with Crippen molar-refractivity contribution in [3.05, 3.63) is 47.5 Å². The van der Waals surface area contributed by atoms with Gasteiger partial charge in [0.05, 0.1) is 0 Å². The number of likely N-dealkylation sites (tertiary alicyclic amines) is 1. The number of piperidine rings is 1. The molecule has 1 unspecified atom stereocenters. The van der Waals surface area contributed by atoms with Gasteiger partial charge in [-0.1, -0.05) is 35.9 Å². The third-order valence-electron chi connectivity index (χ3n) is 3.45. The van der Waals surface area contributed by atoms with Crippen LogP contribution in [0.2, 0.25) is 5.02 Å². The molecule has 0 amide bonds. The Labute approximate surface area is 109 Å². The van der Waals surface area contributed by atoms with Crippen molar-refractivity contribution >= 4 is 11.6 Å². The molecule has 0 radical (unpaired) electrons. The Hall–Kier alpha value is -0.790. The molecular weight excluding hydrogens is 230 g/mol. The van der Waals surface area contributed by atoms with Crippen LogP contribution in [0.1, 0.15) is 24.8 Å². The van der Waals surface area contributed by atoms with Gasteiger partial charge in [-0.15, -0.1) is 6.58 Å². The second-order valence-electron chi connectivity index (χ2n) is 4.86. The van der Waals surface area contributed by atoms with E-state index in [-0.39, 0.29) is 0 Å². The normalized spacial score (nSPS) is 21.4. The van der Waals surface area contributed by atoms with Crippen LogP contribution in [0.15, 0.2) is 36.9 Å². The van der Waals surface area contributed by atoms with Gasteiger partial charge in [0, 0.05) is 18.1 Å². The van der Waals surface area contributed by atoms with Crippen LogP contribution in [0.4, 0.5) is 0 Å². The first-order chi connectivity index (χ1) is 8.29. The number of hydrogen-bond donors (Lipinski definition) is 0. The summed E-state index contributed by atoms with van der Waals surface area (Å²) in [4.78, 5) is 2.51. The lowest BCUT2D eigenvalue weighted by atomic mass is 9.94. The van der Waals surface area contributed by atoms with Crippen LogP contribution in [-0.4, -0.2) is 18.0 Å². The first-order valence-corrected chi connectivity index (χ1v) is 6.74. The van der Waals surface area contributed by atoms with Crippen LogP contribution in [0.3, 0.4) is 0 Å². The van der Waals surface area contributed by atoms with Gasteiger partial charge in [-0.2, -0.15) is 0 Å². The smallest absolute Gasteiger partial charge is 0.0451 e. The van der Waals surface area contributed by atoms with E-state index in [9.17, 15) is 0 Å². The maximum atomic E-state index is 6.20. The molecule has 1 heterocycles. The molecule has 0 saturated carbocycles. The zero-order valence-electron chi connectivity index (χ0n) is 10.2. The predicted molar refractivity (Wildman–Crippen MR) is 74.3 cm³/mol. The summed E-state index contributed by atoms with van der Waals surface area (Å²) in [6, 6.07) is 8.15. The number of nitrogens with zero attached hydrogens (tertiary/aromatic N) is 1. The molecule has 1 aromatic carbocycles. The lowest BCUT2D eigenvalue weighted by molar-refractivity contribution is 0.168. The lowest BCUT2D eigenvalue weighted by Crippen LogP contribution is -2.34. The Kier molecular flexibility index (Phi) is 4.64. The molecule has 1 atom stereocenters. The standard InChI is InChI=1S/C15H20ClN/c1-2-6-13-7-5-10-17(11-13)12-14-8-3-4-9-15(14)16/h2-4,8-9,13H,1,5-7,10-12H2. The molecular formula is C15H20ClN. The fourth-order valence-electron chi connectivity index (χ4n) is 2.59. The van der Waals surface area contributed by atoms with Crippen LogP contribution in [0, 0.1) is 5.92 Å². The summed E-state index contributed by atoms with van der Waals surface area (Å²) >= 11 is 6.20. The van der Waals surface area contributed by atoms with E-state index in [0.29, 0.717) is 0 Å². The third-order valence-corrected chi connectivity index (χ3v) is 3.82. The van der Waals surface area contributed by atoms with Crippen LogP contribution in [-0.2, 0) is 6.54 Å². The van der Waals surface area contributed by atoms with Gasteiger partial charge in [0.15, 0.2) is 0 Å². The molecule has 0 bridgehead atoms. The SMILES string of the molecule is C=CCC1CCCN(Cc2ccccc2Cl)C1. The summed E-state index contributed by atoms with van der Waals surface area (Å²) in [5, 5.41) is 0.887. The first kappa shape index (κ1) is 12.7. The molecule has 17 heavy (non-hydrogen) atoms. The number of halogens is 1. The van der Waals surface area contributed by atoms with Crippen molar-refractivity contribution < 1.29 is 0 Å². The molecule has 1 nitrogen and oxygen atoms in total. The molecule has 1 aliphatic heterocycles. The van der Waals surface area contributed by atoms with E-state index in [0.717, 1.165) is 23.9 Å². The number of allylic oxidation sites excluding steroid dienone is 1. The van der Waals surface area contributed by atoms with Crippen LogP contribution >= 0.6 is 11.6 Å². The Morgan fingerprint density at radius 2 is 2.24 bits per heavy atom. The van der Waals surface area contributed by atoms with Crippen molar-refractivity contribution in [2.45, 2.75) is 25.8 Å². The Morgan fingerprint density at radius 1 is 1.41 bits per heavy atom. The summed E-state index contributed by atoms with van der Waals surface area (Å²) in [7, 11) is 0. The number of rotatable bonds is 4. The van der Waals surface area contributed by atoms with Gasteiger partial charge in [0.25, 0.3) is 0 Å². The molecule has 0 spiro atoms. The lowest BCUT2D eigenvalue weighted by Gasteiger charge is -2.32. The van der Waals surface area contributed by atoms with E-state index < -0.39 is 0 Å². The molecule has 1 saturated heterocycles. The summed E-state index contributed by atoms with van der Waals surface area (Å²) in [5.41, 5.74) is 1.24. The van der Waals surface area contributed by atoms with Crippen LogP contribution in [0.25, 0.3) is 0 Å². The minimum atomic E-state index is 0.781. The molecule has 0 aliphatic carbocycles. The van der Waals surface area contributed by atoms with Gasteiger partial charge in [0.2, 0.25) is 0 Å². The van der Waals surface area contributed by atoms with Gasteiger partial charge in [-0.05, 0) is 43.4 Å². The minimum absolute atomic E-state index is 0.781. The number of hydrogen-bond acceptors (Lipinski definition) is 1. The van der Waals surface area contributed by atoms with E-state index in [1.165, 1.54) is 31.5 Å². The predicted octanol–water partition coefficient (Wildman–Crippen LogP) is 4.13. The van der Waals surface area contributed by atoms with E-state index in [1.54, 1.807) is 0 Å².